The first-order valence-electron chi connectivity index (χ1n) is 7.41. The van der Waals surface area contributed by atoms with Gasteiger partial charge in [0.05, 0.1) is 17.7 Å². The Balaban J connectivity index is 2.67. The van der Waals surface area contributed by atoms with E-state index in [1.165, 1.54) is 19.1 Å². The summed E-state index contributed by atoms with van der Waals surface area (Å²) < 4.78 is 43.6. The number of rotatable bonds is 7. The smallest absolute Gasteiger partial charge is 0.417 e. The maximum absolute atomic E-state index is 12.9. The average molecular weight is 331 g/mol. The lowest BCUT2D eigenvalue weighted by Gasteiger charge is -2.16. The summed E-state index contributed by atoms with van der Waals surface area (Å²) in [5.41, 5.74) is -1.56. The maximum atomic E-state index is 12.9. The van der Waals surface area contributed by atoms with Crippen molar-refractivity contribution in [1.29, 1.82) is 0 Å². The number of hydrogen-bond acceptors (Lipinski definition) is 3. The number of hydrogen-bond donors (Lipinski definition) is 1. The Morgan fingerprint density at radius 2 is 1.87 bits per heavy atom. The van der Waals surface area contributed by atoms with Crippen LogP contribution in [0.1, 0.15) is 49.0 Å². The number of carbonyl (C=O) groups excluding carboxylic acids is 2. The van der Waals surface area contributed by atoms with E-state index in [1.807, 2.05) is 6.92 Å². The number of nitrogens with one attached hydrogen (secondary N) is 1. The molecule has 1 N–H and O–H groups in total. The predicted molar refractivity (Wildman–Crippen MR) is 78.9 cm³/mol. The van der Waals surface area contributed by atoms with Crippen LogP contribution in [0.5, 0.6) is 0 Å². The van der Waals surface area contributed by atoms with Crippen molar-refractivity contribution in [3.05, 3.63) is 35.4 Å². The van der Waals surface area contributed by atoms with E-state index in [0.29, 0.717) is 6.42 Å². The first kappa shape index (κ1) is 19.0. The van der Waals surface area contributed by atoms with Crippen molar-refractivity contribution in [2.24, 2.45) is 0 Å². The second kappa shape index (κ2) is 8.55. The average Bonchev–Trinajstić information content (AvgIpc) is 2.50. The molecule has 0 unspecified atom stereocenters. The largest absolute Gasteiger partial charge is 0.464 e. The molecule has 0 spiro atoms. The van der Waals surface area contributed by atoms with Gasteiger partial charge in [-0.3, -0.25) is 4.79 Å². The summed E-state index contributed by atoms with van der Waals surface area (Å²) in [7, 11) is 0. The van der Waals surface area contributed by atoms with Crippen LogP contribution in [-0.2, 0) is 15.7 Å². The van der Waals surface area contributed by atoms with E-state index in [-0.39, 0.29) is 6.61 Å². The second-order valence-electron chi connectivity index (χ2n) is 5.11. The summed E-state index contributed by atoms with van der Waals surface area (Å²) in [6, 6.07) is 3.40. The predicted octanol–water partition coefficient (Wildman–Crippen LogP) is 3.56. The minimum absolute atomic E-state index is 0.228. The van der Waals surface area contributed by atoms with Crippen LogP contribution in [0.3, 0.4) is 0 Å². The highest BCUT2D eigenvalue weighted by Gasteiger charge is 2.35. The minimum atomic E-state index is -4.64. The van der Waals surface area contributed by atoms with Crippen molar-refractivity contribution in [2.75, 3.05) is 6.61 Å². The molecule has 1 rings (SSSR count). The zero-order valence-corrected chi connectivity index (χ0v) is 13.1. The molecule has 0 aliphatic rings. The summed E-state index contributed by atoms with van der Waals surface area (Å²) in [5.74, 6) is -1.63. The molecule has 4 nitrogen and oxygen atoms in total. The lowest BCUT2D eigenvalue weighted by atomic mass is 10.1. The summed E-state index contributed by atoms with van der Waals surface area (Å²) in [4.78, 5) is 23.7. The second-order valence-corrected chi connectivity index (χ2v) is 5.11. The summed E-state index contributed by atoms with van der Waals surface area (Å²) >= 11 is 0. The summed E-state index contributed by atoms with van der Waals surface area (Å²) in [6.45, 7) is 3.60. The van der Waals surface area contributed by atoms with E-state index in [1.54, 1.807) is 0 Å². The number of esters is 1. The van der Waals surface area contributed by atoms with Gasteiger partial charge in [-0.15, -0.1) is 0 Å². The molecule has 1 amide bonds. The van der Waals surface area contributed by atoms with Gasteiger partial charge in [-0.05, 0) is 25.5 Å². The zero-order valence-electron chi connectivity index (χ0n) is 13.1. The van der Waals surface area contributed by atoms with Crippen molar-refractivity contribution in [3.8, 4) is 0 Å². The number of amides is 1. The third-order valence-electron chi connectivity index (χ3n) is 3.17. The van der Waals surface area contributed by atoms with Gasteiger partial charge in [0, 0.05) is 0 Å². The van der Waals surface area contributed by atoms with Crippen molar-refractivity contribution >= 4 is 11.9 Å². The van der Waals surface area contributed by atoms with Crippen LogP contribution in [0, 0.1) is 0 Å². The van der Waals surface area contributed by atoms with Crippen LogP contribution in [-0.4, -0.2) is 24.5 Å². The number of halogens is 3. The lowest BCUT2D eigenvalue weighted by Crippen LogP contribution is -2.40. The van der Waals surface area contributed by atoms with Crippen LogP contribution in [0.4, 0.5) is 13.2 Å². The van der Waals surface area contributed by atoms with Gasteiger partial charge in [-0.1, -0.05) is 31.9 Å². The Hall–Kier alpha value is -2.05. The number of carbonyl (C=O) groups is 2. The van der Waals surface area contributed by atoms with Gasteiger partial charge < -0.3 is 10.1 Å². The van der Waals surface area contributed by atoms with Crippen LogP contribution in [0.15, 0.2) is 24.3 Å². The van der Waals surface area contributed by atoms with E-state index in [9.17, 15) is 22.8 Å². The number of alkyl halides is 3. The quantitative estimate of drug-likeness (QED) is 0.614. The molecule has 0 saturated heterocycles. The topological polar surface area (TPSA) is 55.4 Å². The van der Waals surface area contributed by atoms with Gasteiger partial charge in [-0.2, -0.15) is 13.2 Å². The highest BCUT2D eigenvalue weighted by Crippen LogP contribution is 2.31. The third kappa shape index (κ3) is 5.92. The molecule has 0 saturated carbocycles. The van der Waals surface area contributed by atoms with Gasteiger partial charge >= 0.3 is 12.1 Å². The lowest BCUT2D eigenvalue weighted by molar-refractivity contribution is -0.145. The molecule has 0 aliphatic carbocycles. The minimum Gasteiger partial charge on any atom is -0.464 e. The van der Waals surface area contributed by atoms with Crippen LogP contribution in [0.2, 0.25) is 0 Å². The fraction of sp³-hybridized carbons (Fsp3) is 0.500. The Morgan fingerprint density at radius 3 is 2.48 bits per heavy atom. The molecular formula is C16H20F3NO3. The fourth-order valence-corrected chi connectivity index (χ4v) is 1.91. The Labute approximate surface area is 133 Å². The van der Waals surface area contributed by atoms with E-state index < -0.39 is 35.2 Å². The Morgan fingerprint density at radius 1 is 1.22 bits per heavy atom. The van der Waals surface area contributed by atoms with Crippen molar-refractivity contribution < 1.29 is 27.5 Å². The van der Waals surface area contributed by atoms with Crippen molar-refractivity contribution in [2.45, 2.75) is 45.3 Å². The molecule has 0 bridgehead atoms. The van der Waals surface area contributed by atoms with Gasteiger partial charge in [0.25, 0.3) is 5.91 Å². The van der Waals surface area contributed by atoms with Gasteiger partial charge in [0.2, 0.25) is 0 Å². The molecule has 0 aromatic heterocycles. The Bertz CT molecular complexity index is 544. The highest BCUT2D eigenvalue weighted by atomic mass is 19.4. The molecule has 7 heteroatoms. The molecule has 23 heavy (non-hydrogen) atoms. The fourth-order valence-electron chi connectivity index (χ4n) is 1.91. The Kier molecular flexibility index (Phi) is 7.06. The molecule has 1 aromatic carbocycles. The van der Waals surface area contributed by atoms with Crippen LogP contribution >= 0.6 is 0 Å². The maximum Gasteiger partial charge on any atom is 0.417 e. The molecule has 0 fully saturated rings. The van der Waals surface area contributed by atoms with E-state index in [0.717, 1.165) is 25.0 Å². The number of ether oxygens (including phenoxy) is 1. The molecule has 0 radical (unpaired) electrons. The first-order valence-corrected chi connectivity index (χ1v) is 7.41. The molecule has 1 atom stereocenters. The van der Waals surface area contributed by atoms with E-state index in [2.05, 4.69) is 5.32 Å². The number of unbranched alkanes of at least 4 members (excludes halogenated alkanes) is 2. The monoisotopic (exact) mass is 331 g/mol. The van der Waals surface area contributed by atoms with Gasteiger partial charge in [0.1, 0.15) is 6.04 Å². The molecule has 0 heterocycles. The van der Waals surface area contributed by atoms with Crippen LogP contribution < -0.4 is 5.32 Å². The summed E-state index contributed by atoms with van der Waals surface area (Å²) in [5, 5.41) is 2.24. The molecule has 128 valence electrons. The number of benzene rings is 1. The van der Waals surface area contributed by atoms with Crippen LogP contribution in [0.25, 0.3) is 0 Å². The molecule has 1 aromatic rings. The van der Waals surface area contributed by atoms with E-state index >= 15 is 0 Å². The standard InChI is InChI=1S/C16H20F3NO3/c1-3-4-7-10-23-15(22)11(2)20-14(21)12-8-5-6-9-13(12)16(17,18)19/h5-6,8-9,11H,3-4,7,10H2,1-2H3,(H,20,21)/t11-/m0/s1. The SMILES string of the molecule is CCCCCOC(=O)[C@H](C)NC(=O)c1ccccc1C(F)(F)F. The normalized spacial score (nSPS) is 12.6. The zero-order chi connectivity index (χ0) is 17.5. The molecular weight excluding hydrogens is 311 g/mol. The first-order chi connectivity index (χ1) is 10.8. The summed E-state index contributed by atoms with van der Waals surface area (Å²) in [6.07, 6.45) is -2.05. The molecule has 0 aliphatic heterocycles. The van der Waals surface area contributed by atoms with Gasteiger partial charge in [-0.25, -0.2) is 4.79 Å². The van der Waals surface area contributed by atoms with Crippen molar-refractivity contribution in [1.82, 2.24) is 5.32 Å². The van der Waals surface area contributed by atoms with Gasteiger partial charge in [0.15, 0.2) is 0 Å². The van der Waals surface area contributed by atoms with E-state index in [4.69, 9.17) is 4.74 Å². The highest BCUT2D eigenvalue weighted by molar-refractivity contribution is 5.98. The van der Waals surface area contributed by atoms with Crippen molar-refractivity contribution in [3.63, 3.8) is 0 Å². The third-order valence-corrected chi connectivity index (χ3v) is 3.17.